The predicted octanol–water partition coefficient (Wildman–Crippen LogP) is 2.18. The number of rotatable bonds is 9. The van der Waals surface area contributed by atoms with E-state index in [0.29, 0.717) is 40.3 Å². The van der Waals surface area contributed by atoms with Crippen LogP contribution in [0.4, 0.5) is 0 Å². The van der Waals surface area contributed by atoms with E-state index in [1.165, 1.54) is 0 Å². The zero-order valence-electron chi connectivity index (χ0n) is 17.9. The molecule has 0 bridgehead atoms. The van der Waals surface area contributed by atoms with Crippen LogP contribution in [-0.2, 0) is 5.54 Å². The molecule has 33 heavy (non-hydrogen) atoms. The summed E-state index contributed by atoms with van der Waals surface area (Å²) < 4.78 is 16.7. The Balaban J connectivity index is 1.65. The van der Waals surface area contributed by atoms with Gasteiger partial charge in [-0.05, 0) is 48.9 Å². The number of nitrogens with two attached hydrogens (primary N) is 2. The van der Waals surface area contributed by atoms with Crippen molar-refractivity contribution in [3.8, 4) is 28.6 Å². The molecule has 0 saturated carbocycles. The van der Waals surface area contributed by atoms with Gasteiger partial charge >= 0.3 is 0 Å². The Kier molecular flexibility index (Phi) is 6.14. The highest BCUT2D eigenvalue weighted by molar-refractivity contribution is 5.96. The summed E-state index contributed by atoms with van der Waals surface area (Å²) in [6, 6.07) is 11.8. The first kappa shape index (κ1) is 22.5. The number of aliphatic hydroxyl groups excluding tert-OH is 2. The summed E-state index contributed by atoms with van der Waals surface area (Å²) >= 11 is 0. The number of amides is 1. The largest absolute Gasteiger partial charge is 0.493 e. The van der Waals surface area contributed by atoms with Crippen molar-refractivity contribution in [2.45, 2.75) is 18.9 Å². The first-order valence-electron chi connectivity index (χ1n) is 10.3. The normalized spacial score (nSPS) is 11.8. The number of aliphatic hydroxyl groups is 2. The highest BCUT2D eigenvalue weighted by atomic mass is 16.5. The summed E-state index contributed by atoms with van der Waals surface area (Å²) in [6.45, 7) is 1.48. The second-order valence-corrected chi connectivity index (χ2v) is 7.68. The van der Waals surface area contributed by atoms with Crippen LogP contribution in [0.25, 0.3) is 33.8 Å². The van der Waals surface area contributed by atoms with E-state index >= 15 is 0 Å². The van der Waals surface area contributed by atoms with Crippen LogP contribution in [-0.4, -0.2) is 46.1 Å². The van der Waals surface area contributed by atoms with Gasteiger partial charge in [0.2, 0.25) is 5.82 Å². The lowest BCUT2D eigenvalue weighted by molar-refractivity contribution is 0.0996. The fourth-order valence-corrected chi connectivity index (χ4v) is 3.29. The molecule has 0 saturated heterocycles. The van der Waals surface area contributed by atoms with Crippen molar-refractivity contribution < 1.29 is 28.7 Å². The summed E-state index contributed by atoms with van der Waals surface area (Å²) in [5.74, 6) is 0.577. The van der Waals surface area contributed by atoms with Crippen LogP contribution >= 0.6 is 0 Å². The number of aromatic nitrogens is 2. The lowest BCUT2D eigenvalue weighted by atomic mass is 10.00. The Labute approximate surface area is 188 Å². The zero-order chi connectivity index (χ0) is 23.6. The molecule has 4 aromatic rings. The van der Waals surface area contributed by atoms with Crippen LogP contribution in [0.5, 0.6) is 5.75 Å². The van der Waals surface area contributed by atoms with Gasteiger partial charge < -0.3 is 35.4 Å². The van der Waals surface area contributed by atoms with Crippen molar-refractivity contribution in [3.63, 3.8) is 0 Å². The van der Waals surface area contributed by atoms with Crippen LogP contribution in [0.15, 0.2) is 51.4 Å². The number of primary amides is 1. The SMILES string of the molecule is CCCOc1ccc(-c2nc(-c3ccc4oc(C(N)(CO)CO)cc4c3)no2)cc1C(N)=O. The Bertz CT molecular complexity index is 1290. The van der Waals surface area contributed by atoms with Gasteiger partial charge in [0.1, 0.15) is 22.6 Å². The quantitative estimate of drug-likeness (QED) is 0.297. The van der Waals surface area contributed by atoms with Gasteiger partial charge in [0, 0.05) is 16.5 Å². The Morgan fingerprint density at radius 3 is 2.58 bits per heavy atom. The van der Waals surface area contributed by atoms with E-state index in [-0.39, 0.29) is 17.2 Å². The molecule has 0 spiro atoms. The molecule has 0 atom stereocenters. The van der Waals surface area contributed by atoms with Crippen LogP contribution in [0.2, 0.25) is 0 Å². The standard InChI is InChI=1S/C23H24N4O6/c1-2-7-31-18-6-4-14(9-16(18)20(24)30)22-26-21(27-33-22)13-3-5-17-15(8-13)10-19(32-17)23(25,11-28)12-29/h3-6,8-10,28-29H,2,7,11-12,25H2,1H3,(H2,24,30). The van der Waals surface area contributed by atoms with E-state index in [1.54, 1.807) is 42.5 Å². The summed E-state index contributed by atoms with van der Waals surface area (Å²) in [6.07, 6.45) is 0.793. The van der Waals surface area contributed by atoms with Crippen molar-refractivity contribution in [3.05, 3.63) is 53.8 Å². The maximum atomic E-state index is 11.9. The summed E-state index contributed by atoms with van der Waals surface area (Å²) in [5, 5.41) is 23.7. The number of hydrogen-bond acceptors (Lipinski definition) is 9. The van der Waals surface area contributed by atoms with E-state index < -0.39 is 24.7 Å². The predicted molar refractivity (Wildman–Crippen MR) is 119 cm³/mol. The van der Waals surface area contributed by atoms with Gasteiger partial charge in [-0.15, -0.1) is 0 Å². The number of hydrogen-bond donors (Lipinski definition) is 4. The average molecular weight is 452 g/mol. The van der Waals surface area contributed by atoms with Gasteiger partial charge in [-0.1, -0.05) is 12.1 Å². The molecule has 2 aromatic carbocycles. The minimum absolute atomic E-state index is 0.212. The molecule has 2 aromatic heterocycles. The number of nitrogens with zero attached hydrogens (tertiary/aromatic N) is 2. The van der Waals surface area contributed by atoms with Gasteiger partial charge in [0.05, 0.1) is 25.4 Å². The second kappa shape index (κ2) is 9.02. The third kappa shape index (κ3) is 4.31. The molecule has 6 N–H and O–H groups in total. The van der Waals surface area contributed by atoms with Crippen LogP contribution in [0.3, 0.4) is 0 Å². The zero-order valence-corrected chi connectivity index (χ0v) is 17.9. The third-order valence-corrected chi connectivity index (χ3v) is 5.21. The molecule has 1 amide bonds. The molecule has 4 rings (SSSR count). The van der Waals surface area contributed by atoms with Gasteiger partial charge in [-0.3, -0.25) is 4.79 Å². The second-order valence-electron chi connectivity index (χ2n) is 7.68. The minimum atomic E-state index is -1.39. The van der Waals surface area contributed by atoms with Crippen molar-refractivity contribution in [2.75, 3.05) is 19.8 Å². The minimum Gasteiger partial charge on any atom is -0.493 e. The number of carbonyl (C=O) groups excluding carboxylic acids is 1. The van der Waals surface area contributed by atoms with Gasteiger partial charge in [-0.25, -0.2) is 0 Å². The summed E-state index contributed by atoms with van der Waals surface area (Å²) in [4.78, 5) is 16.3. The lowest BCUT2D eigenvalue weighted by Crippen LogP contribution is -2.43. The fourth-order valence-electron chi connectivity index (χ4n) is 3.29. The van der Waals surface area contributed by atoms with E-state index in [1.807, 2.05) is 6.92 Å². The molecule has 0 aliphatic carbocycles. The van der Waals surface area contributed by atoms with Crippen molar-refractivity contribution >= 4 is 16.9 Å². The molecular weight excluding hydrogens is 428 g/mol. The summed E-state index contributed by atoms with van der Waals surface area (Å²) in [5.41, 5.74) is 12.0. The fraction of sp³-hybridized carbons (Fsp3) is 0.261. The number of fused-ring (bicyclic) bond motifs is 1. The van der Waals surface area contributed by atoms with E-state index in [4.69, 9.17) is 25.1 Å². The smallest absolute Gasteiger partial charge is 0.258 e. The summed E-state index contributed by atoms with van der Waals surface area (Å²) in [7, 11) is 0. The number of furan rings is 1. The van der Waals surface area contributed by atoms with Gasteiger partial charge in [0.15, 0.2) is 0 Å². The maximum Gasteiger partial charge on any atom is 0.258 e. The Hall–Kier alpha value is -3.73. The number of benzene rings is 2. The molecule has 0 fully saturated rings. The highest BCUT2D eigenvalue weighted by Crippen LogP contribution is 2.31. The molecule has 10 heteroatoms. The third-order valence-electron chi connectivity index (χ3n) is 5.21. The highest BCUT2D eigenvalue weighted by Gasteiger charge is 2.30. The number of ether oxygens (including phenoxy) is 1. The first-order valence-corrected chi connectivity index (χ1v) is 10.3. The van der Waals surface area contributed by atoms with Crippen molar-refractivity contribution in [2.24, 2.45) is 11.5 Å². The van der Waals surface area contributed by atoms with Crippen molar-refractivity contribution in [1.29, 1.82) is 0 Å². The molecule has 0 radical (unpaired) electrons. The van der Waals surface area contributed by atoms with Crippen molar-refractivity contribution in [1.82, 2.24) is 10.1 Å². The number of carbonyl (C=O) groups is 1. The van der Waals surface area contributed by atoms with Gasteiger partial charge in [0.25, 0.3) is 11.8 Å². The van der Waals surface area contributed by atoms with Crippen LogP contribution in [0, 0.1) is 0 Å². The molecular formula is C23H24N4O6. The van der Waals surface area contributed by atoms with E-state index in [9.17, 15) is 15.0 Å². The topological polar surface area (TPSA) is 171 Å². The maximum absolute atomic E-state index is 11.9. The Morgan fingerprint density at radius 1 is 1.12 bits per heavy atom. The van der Waals surface area contributed by atoms with Crippen LogP contribution < -0.4 is 16.2 Å². The molecule has 0 unspecified atom stereocenters. The van der Waals surface area contributed by atoms with E-state index in [0.717, 1.165) is 6.42 Å². The molecule has 0 aliphatic heterocycles. The molecule has 172 valence electrons. The van der Waals surface area contributed by atoms with Gasteiger partial charge in [-0.2, -0.15) is 4.98 Å². The molecule has 2 heterocycles. The molecule has 0 aliphatic rings. The lowest BCUT2D eigenvalue weighted by Gasteiger charge is -2.21. The molecule has 10 nitrogen and oxygen atoms in total. The first-order chi connectivity index (χ1) is 15.9. The monoisotopic (exact) mass is 452 g/mol. The van der Waals surface area contributed by atoms with Crippen LogP contribution in [0.1, 0.15) is 29.5 Å². The Morgan fingerprint density at radius 2 is 1.88 bits per heavy atom. The van der Waals surface area contributed by atoms with E-state index in [2.05, 4.69) is 10.1 Å². The average Bonchev–Trinajstić information content (AvgIpc) is 3.49.